The lowest BCUT2D eigenvalue weighted by Crippen LogP contribution is -2.05. The summed E-state index contributed by atoms with van der Waals surface area (Å²) in [6.07, 6.45) is 2.00. The number of rotatable bonds is 7. The van der Waals surface area contributed by atoms with Crippen molar-refractivity contribution in [2.75, 3.05) is 0 Å². The molecule has 0 amide bonds. The topological polar surface area (TPSA) is 76.7 Å². The van der Waals surface area contributed by atoms with E-state index in [9.17, 15) is 4.79 Å². The highest BCUT2D eigenvalue weighted by molar-refractivity contribution is 5.96. The molecule has 1 N–H and O–H groups in total. The third-order valence-corrected chi connectivity index (χ3v) is 6.35. The molecule has 0 atom stereocenters. The van der Waals surface area contributed by atoms with Gasteiger partial charge < -0.3 is 4.57 Å². The van der Waals surface area contributed by atoms with Gasteiger partial charge in [-0.15, -0.1) is 0 Å². The molecular weight excluding hydrogens is 436 g/mol. The van der Waals surface area contributed by atoms with Crippen LogP contribution in [-0.4, -0.2) is 19.7 Å². The Morgan fingerprint density at radius 3 is 2.40 bits per heavy atom. The van der Waals surface area contributed by atoms with Crippen molar-refractivity contribution in [1.29, 1.82) is 0 Å². The van der Waals surface area contributed by atoms with E-state index in [0.717, 1.165) is 53.0 Å². The average molecular weight is 465 g/mol. The molecule has 0 bridgehead atoms. The molecule has 6 heteroatoms. The van der Waals surface area contributed by atoms with Crippen molar-refractivity contribution >= 4 is 22.2 Å². The minimum atomic E-state index is -0.562. The van der Waals surface area contributed by atoms with E-state index in [-0.39, 0.29) is 0 Å². The molecule has 6 nitrogen and oxygen atoms in total. The van der Waals surface area contributed by atoms with Crippen molar-refractivity contribution in [3.05, 3.63) is 117 Å². The van der Waals surface area contributed by atoms with Gasteiger partial charge in [0.25, 0.3) is 0 Å². The van der Waals surface area contributed by atoms with Crippen LogP contribution < -0.4 is 5.76 Å². The Hall–Kier alpha value is -4.19. The molecule has 3 aromatic carbocycles. The first-order valence-electron chi connectivity index (χ1n) is 11.9. The van der Waals surface area contributed by atoms with Gasteiger partial charge in [0.1, 0.15) is 5.82 Å². The normalized spacial score (nSPS) is 12.2. The average Bonchev–Trinajstić information content (AvgIpc) is 3.46. The fourth-order valence-electron chi connectivity index (χ4n) is 4.60. The number of aryl methyl sites for hydroxylation is 2. The Morgan fingerprint density at radius 2 is 1.71 bits per heavy atom. The minimum Gasteiger partial charge on any atom is -0.323 e. The van der Waals surface area contributed by atoms with E-state index < -0.39 is 5.76 Å². The number of benzene rings is 3. The van der Waals surface area contributed by atoms with E-state index in [2.05, 4.69) is 83.2 Å². The van der Waals surface area contributed by atoms with E-state index in [4.69, 9.17) is 9.51 Å². The summed E-state index contributed by atoms with van der Waals surface area (Å²) in [5.41, 5.74) is 8.59. The van der Waals surface area contributed by atoms with Crippen LogP contribution in [0.15, 0.2) is 82.1 Å². The highest BCUT2D eigenvalue weighted by Gasteiger charge is 2.15. The number of allylic oxidation sites excluding steroid dienone is 1. The maximum Gasteiger partial charge on any atom is 0.439 e. The van der Waals surface area contributed by atoms with Gasteiger partial charge in [-0.05, 0) is 54.2 Å². The first-order chi connectivity index (χ1) is 17.0. The molecule has 5 aromatic rings. The highest BCUT2D eigenvalue weighted by atomic mass is 16.5. The van der Waals surface area contributed by atoms with Crippen LogP contribution in [0.2, 0.25) is 0 Å². The van der Waals surface area contributed by atoms with Crippen molar-refractivity contribution < 1.29 is 4.52 Å². The Kier molecular flexibility index (Phi) is 6.19. The SMILES string of the molecule is CCCc1nc2c(C)cccc2n1Cc1ccc(/C(=C(\C)c2noc(=O)[nH]2)c2ccccc2)cc1. The second-order valence-electron chi connectivity index (χ2n) is 8.81. The van der Waals surface area contributed by atoms with Gasteiger partial charge >= 0.3 is 5.76 Å². The van der Waals surface area contributed by atoms with Gasteiger partial charge in [-0.3, -0.25) is 9.51 Å². The van der Waals surface area contributed by atoms with Gasteiger partial charge in [0.05, 0.1) is 11.0 Å². The van der Waals surface area contributed by atoms with Gasteiger partial charge in [0.2, 0.25) is 0 Å². The molecule has 0 aliphatic heterocycles. The quantitative estimate of drug-likeness (QED) is 0.320. The first kappa shape index (κ1) is 22.6. The number of nitrogens with one attached hydrogen (secondary N) is 1. The monoisotopic (exact) mass is 464 g/mol. The molecule has 2 heterocycles. The number of para-hydroxylation sites is 1. The number of H-pyrrole nitrogens is 1. The van der Waals surface area contributed by atoms with E-state index in [1.54, 1.807) is 0 Å². The van der Waals surface area contributed by atoms with E-state index in [1.807, 2.05) is 25.1 Å². The van der Waals surface area contributed by atoms with E-state index >= 15 is 0 Å². The number of imidazole rings is 1. The summed E-state index contributed by atoms with van der Waals surface area (Å²) in [6, 6.07) is 25.1. The number of aromatic amines is 1. The fourth-order valence-corrected chi connectivity index (χ4v) is 4.60. The summed E-state index contributed by atoms with van der Waals surface area (Å²) in [5, 5.41) is 3.91. The summed E-state index contributed by atoms with van der Waals surface area (Å²) in [4.78, 5) is 19.2. The van der Waals surface area contributed by atoms with E-state index in [0.29, 0.717) is 5.82 Å². The minimum absolute atomic E-state index is 0.433. The highest BCUT2D eigenvalue weighted by Crippen LogP contribution is 2.31. The van der Waals surface area contributed by atoms with Gasteiger partial charge in [-0.25, -0.2) is 9.78 Å². The fraction of sp³-hybridized carbons (Fsp3) is 0.207. The maximum atomic E-state index is 11.6. The number of fused-ring (bicyclic) bond motifs is 1. The molecule has 0 fully saturated rings. The Morgan fingerprint density at radius 1 is 0.971 bits per heavy atom. The molecule has 2 aromatic heterocycles. The lowest BCUT2D eigenvalue weighted by molar-refractivity contribution is 0.385. The van der Waals surface area contributed by atoms with Crippen molar-refractivity contribution in [3.63, 3.8) is 0 Å². The van der Waals surface area contributed by atoms with Crippen molar-refractivity contribution in [1.82, 2.24) is 19.7 Å². The van der Waals surface area contributed by atoms with Crippen LogP contribution >= 0.6 is 0 Å². The summed E-state index contributed by atoms with van der Waals surface area (Å²) < 4.78 is 7.09. The summed E-state index contributed by atoms with van der Waals surface area (Å²) in [5.74, 6) is 0.992. The summed E-state index contributed by atoms with van der Waals surface area (Å²) in [6.45, 7) is 7.01. The number of hydrogen-bond acceptors (Lipinski definition) is 4. The van der Waals surface area contributed by atoms with Crippen molar-refractivity contribution in [2.45, 2.75) is 40.2 Å². The molecule has 5 rings (SSSR count). The second-order valence-corrected chi connectivity index (χ2v) is 8.81. The molecule has 0 unspecified atom stereocenters. The van der Waals surface area contributed by atoms with Gasteiger partial charge in [-0.2, -0.15) is 0 Å². The van der Waals surface area contributed by atoms with Crippen LogP contribution in [0, 0.1) is 6.92 Å². The predicted molar refractivity (Wildman–Crippen MR) is 139 cm³/mol. The van der Waals surface area contributed by atoms with Crippen molar-refractivity contribution in [2.24, 2.45) is 0 Å². The molecule has 0 aliphatic carbocycles. The van der Waals surface area contributed by atoms with Gasteiger partial charge in [-0.1, -0.05) is 78.8 Å². The molecule has 0 saturated heterocycles. The molecule has 0 saturated carbocycles. The van der Waals surface area contributed by atoms with Gasteiger partial charge in [0.15, 0.2) is 5.82 Å². The lowest BCUT2D eigenvalue weighted by Gasteiger charge is -2.14. The largest absolute Gasteiger partial charge is 0.439 e. The number of nitrogens with zero attached hydrogens (tertiary/aromatic N) is 3. The third-order valence-electron chi connectivity index (χ3n) is 6.35. The zero-order valence-corrected chi connectivity index (χ0v) is 20.2. The van der Waals surface area contributed by atoms with Crippen molar-refractivity contribution in [3.8, 4) is 0 Å². The standard InChI is InChI=1S/C29H28N4O2/c1-4-9-25-30-27-19(2)10-8-13-24(27)33(25)18-21-14-16-23(17-15-21)26(22-11-6-5-7-12-22)20(3)28-31-29(34)35-32-28/h5-8,10-17H,4,9,18H2,1-3H3,(H,31,32,34)/b26-20+. The van der Waals surface area contributed by atoms with Crippen LogP contribution in [0.4, 0.5) is 0 Å². The maximum absolute atomic E-state index is 11.6. The number of hydrogen-bond donors (Lipinski definition) is 1. The zero-order valence-electron chi connectivity index (χ0n) is 20.2. The zero-order chi connectivity index (χ0) is 24.4. The predicted octanol–water partition coefficient (Wildman–Crippen LogP) is 6.00. The second kappa shape index (κ2) is 9.58. The molecule has 0 spiro atoms. The van der Waals surface area contributed by atoms with Crippen LogP contribution in [0.25, 0.3) is 22.2 Å². The molecule has 0 radical (unpaired) electrons. The molecule has 176 valence electrons. The molecule has 0 aliphatic rings. The molecular formula is C29H28N4O2. The summed E-state index contributed by atoms with van der Waals surface area (Å²) >= 11 is 0. The Labute approximate surface area is 203 Å². The van der Waals surface area contributed by atoms with Crippen LogP contribution in [0.3, 0.4) is 0 Å². The van der Waals surface area contributed by atoms with Crippen LogP contribution in [0.5, 0.6) is 0 Å². The number of aromatic nitrogens is 4. The van der Waals surface area contributed by atoms with Gasteiger partial charge in [0, 0.05) is 18.5 Å². The van der Waals surface area contributed by atoms with Crippen LogP contribution in [-0.2, 0) is 13.0 Å². The Bertz CT molecular complexity index is 1550. The van der Waals surface area contributed by atoms with E-state index in [1.165, 1.54) is 16.6 Å². The third kappa shape index (κ3) is 4.47. The first-order valence-corrected chi connectivity index (χ1v) is 11.9. The smallest absolute Gasteiger partial charge is 0.323 e. The molecule has 35 heavy (non-hydrogen) atoms. The Balaban J connectivity index is 1.54. The lowest BCUT2D eigenvalue weighted by atomic mass is 9.92. The van der Waals surface area contributed by atoms with Crippen LogP contribution in [0.1, 0.15) is 54.2 Å². The summed E-state index contributed by atoms with van der Waals surface area (Å²) in [7, 11) is 0.